The van der Waals surface area contributed by atoms with Gasteiger partial charge in [0.1, 0.15) is 0 Å². The Kier molecular flexibility index (Phi) is 3.35. The number of benzene rings is 1. The zero-order chi connectivity index (χ0) is 16.5. The van der Waals surface area contributed by atoms with E-state index >= 15 is 0 Å². The first kappa shape index (κ1) is 14.2. The summed E-state index contributed by atoms with van der Waals surface area (Å²) < 4.78 is 5.34. The summed E-state index contributed by atoms with van der Waals surface area (Å²) >= 11 is 0. The predicted molar refractivity (Wildman–Crippen MR) is 90.7 cm³/mol. The highest BCUT2D eigenvalue weighted by molar-refractivity contribution is 6.04. The van der Waals surface area contributed by atoms with Crippen LogP contribution in [0, 0.1) is 6.92 Å². The number of anilines is 1. The number of carbonyl (C=O) groups excluding carboxylic acids is 1. The molecule has 0 bridgehead atoms. The van der Waals surface area contributed by atoms with Crippen molar-refractivity contribution in [3.8, 4) is 11.6 Å². The number of aromatic nitrogens is 3. The number of rotatable bonds is 3. The van der Waals surface area contributed by atoms with Crippen molar-refractivity contribution < 1.29 is 9.21 Å². The van der Waals surface area contributed by atoms with Gasteiger partial charge >= 0.3 is 0 Å². The van der Waals surface area contributed by atoms with Gasteiger partial charge in [-0.1, -0.05) is 0 Å². The minimum Gasteiger partial charge on any atom is -0.461 e. The Morgan fingerprint density at radius 3 is 2.88 bits per heavy atom. The molecule has 118 valence electrons. The van der Waals surface area contributed by atoms with Gasteiger partial charge in [0, 0.05) is 17.6 Å². The molecular weight excluding hydrogens is 304 g/mol. The predicted octanol–water partition coefficient (Wildman–Crippen LogP) is 3.78. The van der Waals surface area contributed by atoms with Crippen molar-refractivity contribution in [1.29, 1.82) is 0 Å². The van der Waals surface area contributed by atoms with E-state index in [4.69, 9.17) is 4.42 Å². The molecule has 6 heteroatoms. The van der Waals surface area contributed by atoms with E-state index in [1.807, 2.05) is 43.3 Å². The molecule has 6 nitrogen and oxygen atoms in total. The third-order valence-electron chi connectivity index (χ3n) is 3.67. The van der Waals surface area contributed by atoms with Gasteiger partial charge in [0.05, 0.1) is 22.9 Å². The van der Waals surface area contributed by atoms with Crippen LogP contribution in [0.5, 0.6) is 0 Å². The number of hydrogen-bond donors (Lipinski definition) is 2. The first-order chi connectivity index (χ1) is 11.7. The molecule has 0 aliphatic rings. The number of nitrogens with zero attached hydrogens (tertiary/aromatic N) is 2. The quantitative estimate of drug-likeness (QED) is 0.602. The number of nitrogens with one attached hydrogen (secondary N) is 2. The molecule has 1 aromatic carbocycles. The topological polar surface area (TPSA) is 83.8 Å². The van der Waals surface area contributed by atoms with E-state index in [2.05, 4.69) is 20.3 Å². The van der Waals surface area contributed by atoms with Gasteiger partial charge in [0.2, 0.25) is 0 Å². The molecular formula is C18H14N4O2. The number of imidazole rings is 1. The second-order valence-corrected chi connectivity index (χ2v) is 5.44. The summed E-state index contributed by atoms with van der Waals surface area (Å²) in [4.78, 5) is 24.1. The molecule has 2 N–H and O–H groups in total. The number of pyridine rings is 1. The number of aryl methyl sites for hydroxylation is 1. The zero-order valence-corrected chi connectivity index (χ0v) is 12.9. The van der Waals surface area contributed by atoms with Crippen LogP contribution in [0.15, 0.2) is 59.3 Å². The molecule has 0 unspecified atom stereocenters. The van der Waals surface area contributed by atoms with E-state index in [-0.39, 0.29) is 5.91 Å². The minimum absolute atomic E-state index is 0.201. The average molecular weight is 318 g/mol. The van der Waals surface area contributed by atoms with E-state index in [1.165, 1.54) is 0 Å². The molecule has 0 aliphatic heterocycles. The van der Waals surface area contributed by atoms with Crippen LogP contribution in [0.2, 0.25) is 0 Å². The van der Waals surface area contributed by atoms with Crippen molar-refractivity contribution in [2.45, 2.75) is 6.92 Å². The van der Waals surface area contributed by atoms with E-state index in [0.717, 1.165) is 16.7 Å². The summed E-state index contributed by atoms with van der Waals surface area (Å²) in [6, 6.07) is 12.7. The van der Waals surface area contributed by atoms with Crippen LogP contribution in [0.4, 0.5) is 5.69 Å². The standard InChI is InChI=1S/C18H14N4O2/c1-11-4-5-12(10-19-11)18(23)20-13-6-7-14-15(9-13)22-17(21-14)16-3-2-8-24-16/h2-10H,1H3,(H,20,23)(H,21,22). The van der Waals surface area contributed by atoms with Gasteiger partial charge in [-0.05, 0) is 49.4 Å². The fraction of sp³-hybridized carbons (Fsp3) is 0.0556. The summed E-state index contributed by atoms with van der Waals surface area (Å²) in [6.45, 7) is 1.88. The van der Waals surface area contributed by atoms with Crippen LogP contribution in [0.1, 0.15) is 16.1 Å². The van der Waals surface area contributed by atoms with Crippen LogP contribution in [0.3, 0.4) is 0 Å². The first-order valence-corrected chi connectivity index (χ1v) is 7.47. The maximum absolute atomic E-state index is 12.3. The molecule has 0 fully saturated rings. The average Bonchev–Trinajstić information content (AvgIpc) is 3.24. The molecule has 0 radical (unpaired) electrons. The molecule has 3 aromatic heterocycles. The molecule has 0 saturated heterocycles. The van der Waals surface area contributed by atoms with E-state index in [0.29, 0.717) is 22.8 Å². The summed E-state index contributed by atoms with van der Waals surface area (Å²) in [6.07, 6.45) is 3.16. The van der Waals surface area contributed by atoms with Gasteiger partial charge in [-0.2, -0.15) is 0 Å². The Bertz CT molecular complexity index is 1000. The molecule has 1 amide bonds. The lowest BCUT2D eigenvalue weighted by Crippen LogP contribution is -2.12. The lowest BCUT2D eigenvalue weighted by molar-refractivity contribution is 0.102. The monoisotopic (exact) mass is 318 g/mol. The number of furan rings is 1. The van der Waals surface area contributed by atoms with Crippen LogP contribution >= 0.6 is 0 Å². The summed E-state index contributed by atoms with van der Waals surface area (Å²) in [5.41, 5.74) is 3.69. The highest BCUT2D eigenvalue weighted by Gasteiger charge is 2.10. The lowest BCUT2D eigenvalue weighted by atomic mass is 10.2. The summed E-state index contributed by atoms with van der Waals surface area (Å²) in [7, 11) is 0. The Hall–Kier alpha value is -3.41. The highest BCUT2D eigenvalue weighted by atomic mass is 16.3. The fourth-order valence-electron chi connectivity index (χ4n) is 2.42. The van der Waals surface area contributed by atoms with Gasteiger partial charge in [-0.25, -0.2) is 4.98 Å². The summed E-state index contributed by atoms with van der Waals surface area (Å²) in [5.74, 6) is 1.12. The third-order valence-corrected chi connectivity index (χ3v) is 3.67. The molecule has 0 spiro atoms. The van der Waals surface area contributed by atoms with E-state index in [9.17, 15) is 4.79 Å². The first-order valence-electron chi connectivity index (χ1n) is 7.47. The minimum atomic E-state index is -0.201. The van der Waals surface area contributed by atoms with Crippen molar-refractivity contribution in [2.24, 2.45) is 0 Å². The van der Waals surface area contributed by atoms with Crippen LogP contribution in [-0.4, -0.2) is 20.9 Å². The van der Waals surface area contributed by atoms with Crippen LogP contribution < -0.4 is 5.32 Å². The van der Waals surface area contributed by atoms with Crippen molar-refractivity contribution in [3.05, 3.63) is 66.2 Å². The summed E-state index contributed by atoms with van der Waals surface area (Å²) in [5, 5.41) is 2.86. The SMILES string of the molecule is Cc1ccc(C(=O)Nc2ccc3nc(-c4ccco4)[nH]c3c2)cn1. The maximum Gasteiger partial charge on any atom is 0.257 e. The van der Waals surface area contributed by atoms with Crippen LogP contribution in [0.25, 0.3) is 22.6 Å². The van der Waals surface area contributed by atoms with E-state index < -0.39 is 0 Å². The van der Waals surface area contributed by atoms with Crippen molar-refractivity contribution >= 4 is 22.6 Å². The van der Waals surface area contributed by atoms with Gasteiger partial charge in [0.25, 0.3) is 5.91 Å². The second-order valence-electron chi connectivity index (χ2n) is 5.44. The van der Waals surface area contributed by atoms with Crippen molar-refractivity contribution in [2.75, 3.05) is 5.32 Å². The van der Waals surface area contributed by atoms with Gasteiger partial charge in [-0.15, -0.1) is 0 Å². The molecule has 4 rings (SSSR count). The number of amides is 1. The largest absolute Gasteiger partial charge is 0.461 e. The van der Waals surface area contributed by atoms with Crippen molar-refractivity contribution in [1.82, 2.24) is 15.0 Å². The molecule has 4 aromatic rings. The molecule has 24 heavy (non-hydrogen) atoms. The molecule has 0 atom stereocenters. The molecule has 0 saturated carbocycles. The number of aromatic amines is 1. The Morgan fingerprint density at radius 1 is 1.21 bits per heavy atom. The number of fused-ring (bicyclic) bond motifs is 1. The fourth-order valence-corrected chi connectivity index (χ4v) is 2.42. The Balaban J connectivity index is 1.60. The van der Waals surface area contributed by atoms with Crippen molar-refractivity contribution in [3.63, 3.8) is 0 Å². The smallest absolute Gasteiger partial charge is 0.257 e. The number of carbonyl (C=O) groups is 1. The maximum atomic E-state index is 12.3. The Morgan fingerprint density at radius 2 is 2.12 bits per heavy atom. The normalized spacial score (nSPS) is 10.9. The third kappa shape index (κ3) is 2.65. The van der Waals surface area contributed by atoms with E-state index in [1.54, 1.807) is 18.5 Å². The van der Waals surface area contributed by atoms with Gasteiger partial charge < -0.3 is 14.7 Å². The number of H-pyrrole nitrogens is 1. The van der Waals surface area contributed by atoms with Crippen LogP contribution in [-0.2, 0) is 0 Å². The zero-order valence-electron chi connectivity index (χ0n) is 12.9. The molecule has 3 heterocycles. The lowest BCUT2D eigenvalue weighted by Gasteiger charge is -2.05. The van der Waals surface area contributed by atoms with Gasteiger partial charge in [-0.3, -0.25) is 9.78 Å². The highest BCUT2D eigenvalue weighted by Crippen LogP contribution is 2.23. The Labute approximate surface area is 137 Å². The number of hydrogen-bond acceptors (Lipinski definition) is 4. The molecule has 0 aliphatic carbocycles. The van der Waals surface area contributed by atoms with Gasteiger partial charge in [0.15, 0.2) is 11.6 Å². The second kappa shape index (κ2) is 5.66.